The summed E-state index contributed by atoms with van der Waals surface area (Å²) in [7, 11) is -3.83. The lowest BCUT2D eigenvalue weighted by molar-refractivity contribution is 0.601. The molecule has 3 aromatic rings. The topological polar surface area (TPSA) is 84.0 Å². The molecule has 0 aliphatic rings. The molecule has 1 heterocycles. The van der Waals surface area contributed by atoms with E-state index >= 15 is 0 Å². The first-order valence-corrected chi connectivity index (χ1v) is 9.81. The van der Waals surface area contributed by atoms with Gasteiger partial charge in [0.2, 0.25) is 0 Å². The fraction of sp³-hybridized carbons (Fsp3) is 0.111. The van der Waals surface area contributed by atoms with Crippen molar-refractivity contribution in [2.24, 2.45) is 0 Å². The van der Waals surface area contributed by atoms with E-state index < -0.39 is 10.0 Å². The van der Waals surface area contributed by atoms with Crippen molar-refractivity contribution in [3.8, 4) is 0 Å². The highest BCUT2D eigenvalue weighted by Crippen LogP contribution is 2.23. The van der Waals surface area contributed by atoms with Crippen LogP contribution in [0, 0.1) is 0 Å². The van der Waals surface area contributed by atoms with Crippen molar-refractivity contribution >= 4 is 38.9 Å². The van der Waals surface area contributed by atoms with Crippen LogP contribution in [0.2, 0.25) is 5.02 Å². The van der Waals surface area contributed by atoms with Crippen LogP contribution >= 0.6 is 11.6 Å². The number of aryl methyl sites for hydroxylation is 1. The second-order valence-electron chi connectivity index (χ2n) is 5.52. The van der Waals surface area contributed by atoms with E-state index in [1.54, 1.807) is 18.2 Å². The average molecular weight is 389 g/mol. The van der Waals surface area contributed by atoms with Crippen LogP contribution in [-0.4, -0.2) is 18.6 Å². The second kappa shape index (κ2) is 7.72. The Morgan fingerprint density at radius 2 is 1.58 bits per heavy atom. The number of halogens is 1. The molecule has 0 aliphatic heterocycles. The van der Waals surface area contributed by atoms with E-state index in [9.17, 15) is 8.42 Å². The van der Waals surface area contributed by atoms with Crippen LogP contribution in [0.15, 0.2) is 65.6 Å². The maximum atomic E-state index is 12.4. The summed E-state index contributed by atoms with van der Waals surface area (Å²) in [5.74, 6) is 0.617. The average Bonchev–Trinajstić information content (AvgIpc) is 2.64. The Morgan fingerprint density at radius 1 is 0.923 bits per heavy atom. The molecule has 0 radical (unpaired) electrons. The maximum Gasteiger partial charge on any atom is 0.264 e. The molecule has 0 atom stereocenters. The molecule has 2 N–H and O–H groups in total. The standard InChI is InChI=1S/C18H17ClN4O2S/c1-2-13-7-9-14(10-8-13)20-17-11-12-18(22-21-17)23-26(24,25)16-6-4-3-5-15(16)19/h3-12H,2H2,1H3,(H,20,21)(H,22,23). The smallest absolute Gasteiger partial charge is 0.264 e. The van der Waals surface area contributed by atoms with Gasteiger partial charge in [-0.05, 0) is 48.4 Å². The van der Waals surface area contributed by atoms with Gasteiger partial charge in [0, 0.05) is 5.69 Å². The normalized spacial score (nSPS) is 11.2. The second-order valence-corrected chi connectivity index (χ2v) is 7.57. The molecule has 0 amide bonds. The maximum absolute atomic E-state index is 12.4. The van der Waals surface area contributed by atoms with E-state index in [0.29, 0.717) is 5.82 Å². The molecule has 0 fully saturated rings. The molecule has 0 saturated carbocycles. The highest BCUT2D eigenvalue weighted by molar-refractivity contribution is 7.92. The monoisotopic (exact) mass is 388 g/mol. The summed E-state index contributed by atoms with van der Waals surface area (Å²) in [6.45, 7) is 2.09. The molecule has 8 heteroatoms. The molecule has 0 aliphatic carbocycles. The van der Waals surface area contributed by atoms with Crippen molar-refractivity contribution in [2.75, 3.05) is 10.0 Å². The zero-order valence-corrected chi connectivity index (χ0v) is 15.6. The van der Waals surface area contributed by atoms with Crippen LogP contribution in [0.1, 0.15) is 12.5 Å². The molecule has 134 valence electrons. The Bertz CT molecular complexity index is 990. The Morgan fingerprint density at radius 3 is 2.19 bits per heavy atom. The lowest BCUT2D eigenvalue weighted by atomic mass is 10.1. The number of benzene rings is 2. The third-order valence-corrected chi connectivity index (χ3v) is 5.52. The Kier molecular flexibility index (Phi) is 5.39. The molecule has 1 aromatic heterocycles. The third kappa shape index (κ3) is 4.30. The van der Waals surface area contributed by atoms with Gasteiger partial charge in [-0.25, -0.2) is 8.42 Å². The highest BCUT2D eigenvalue weighted by atomic mass is 35.5. The summed E-state index contributed by atoms with van der Waals surface area (Å²) in [6, 6.07) is 17.3. The van der Waals surface area contributed by atoms with Crippen molar-refractivity contribution in [1.29, 1.82) is 0 Å². The Hall–Kier alpha value is -2.64. The number of hydrogen-bond acceptors (Lipinski definition) is 5. The van der Waals surface area contributed by atoms with Crippen LogP contribution in [-0.2, 0) is 16.4 Å². The van der Waals surface area contributed by atoms with Gasteiger partial charge in [0.1, 0.15) is 4.90 Å². The van der Waals surface area contributed by atoms with Gasteiger partial charge in [0.25, 0.3) is 10.0 Å². The first-order valence-electron chi connectivity index (χ1n) is 7.95. The van der Waals surface area contributed by atoms with Crippen molar-refractivity contribution in [3.05, 3.63) is 71.2 Å². The van der Waals surface area contributed by atoms with Gasteiger partial charge in [-0.15, -0.1) is 10.2 Å². The van der Waals surface area contributed by atoms with Crippen LogP contribution < -0.4 is 10.0 Å². The van der Waals surface area contributed by atoms with E-state index in [4.69, 9.17) is 11.6 Å². The minimum Gasteiger partial charge on any atom is -0.339 e. The predicted molar refractivity (Wildman–Crippen MR) is 103 cm³/mol. The van der Waals surface area contributed by atoms with Crippen molar-refractivity contribution in [3.63, 3.8) is 0 Å². The van der Waals surface area contributed by atoms with Gasteiger partial charge in [-0.3, -0.25) is 4.72 Å². The summed E-state index contributed by atoms with van der Waals surface area (Å²) >= 11 is 5.95. The lowest BCUT2D eigenvalue weighted by Gasteiger charge is -2.09. The fourth-order valence-corrected chi connectivity index (χ4v) is 3.80. The zero-order valence-electron chi connectivity index (χ0n) is 14.0. The number of anilines is 3. The molecular formula is C18H17ClN4O2S. The van der Waals surface area contributed by atoms with Gasteiger partial charge in [0.15, 0.2) is 11.6 Å². The molecule has 0 spiro atoms. The van der Waals surface area contributed by atoms with E-state index in [0.717, 1.165) is 12.1 Å². The molecule has 2 aromatic carbocycles. The van der Waals surface area contributed by atoms with Crippen molar-refractivity contribution in [2.45, 2.75) is 18.2 Å². The molecule has 0 bridgehead atoms. The Labute approximate surface area is 157 Å². The minimum atomic E-state index is -3.83. The highest BCUT2D eigenvalue weighted by Gasteiger charge is 2.18. The van der Waals surface area contributed by atoms with Crippen molar-refractivity contribution in [1.82, 2.24) is 10.2 Å². The van der Waals surface area contributed by atoms with E-state index in [1.165, 1.54) is 23.8 Å². The lowest BCUT2D eigenvalue weighted by Crippen LogP contribution is -2.14. The number of aromatic nitrogens is 2. The number of rotatable bonds is 6. The molecular weight excluding hydrogens is 372 g/mol. The summed E-state index contributed by atoms with van der Waals surface area (Å²) in [5.41, 5.74) is 2.12. The summed E-state index contributed by atoms with van der Waals surface area (Å²) in [5, 5.41) is 11.2. The van der Waals surface area contributed by atoms with Crippen LogP contribution in [0.5, 0.6) is 0 Å². The van der Waals surface area contributed by atoms with Crippen LogP contribution in [0.4, 0.5) is 17.3 Å². The summed E-state index contributed by atoms with van der Waals surface area (Å²) < 4.78 is 27.1. The summed E-state index contributed by atoms with van der Waals surface area (Å²) in [6.07, 6.45) is 0.973. The minimum absolute atomic E-state index is 0.0123. The van der Waals surface area contributed by atoms with E-state index in [-0.39, 0.29) is 15.7 Å². The van der Waals surface area contributed by atoms with E-state index in [1.807, 2.05) is 24.3 Å². The number of hydrogen-bond donors (Lipinski definition) is 2. The molecule has 0 unspecified atom stereocenters. The van der Waals surface area contributed by atoms with Gasteiger partial charge in [0.05, 0.1) is 5.02 Å². The third-order valence-electron chi connectivity index (χ3n) is 3.66. The fourth-order valence-electron chi connectivity index (χ4n) is 2.28. The van der Waals surface area contributed by atoms with Crippen LogP contribution in [0.25, 0.3) is 0 Å². The quantitative estimate of drug-likeness (QED) is 0.659. The summed E-state index contributed by atoms with van der Waals surface area (Å²) in [4.78, 5) is -0.0123. The molecule has 6 nitrogen and oxygen atoms in total. The molecule has 26 heavy (non-hydrogen) atoms. The number of nitrogens with zero attached hydrogens (tertiary/aromatic N) is 2. The Balaban J connectivity index is 1.72. The molecule has 0 saturated heterocycles. The van der Waals surface area contributed by atoms with Gasteiger partial charge < -0.3 is 5.32 Å². The van der Waals surface area contributed by atoms with E-state index in [2.05, 4.69) is 27.2 Å². The van der Waals surface area contributed by atoms with Gasteiger partial charge in [-0.2, -0.15) is 0 Å². The van der Waals surface area contributed by atoms with Crippen molar-refractivity contribution < 1.29 is 8.42 Å². The molecule has 3 rings (SSSR count). The first kappa shape index (κ1) is 18.2. The van der Waals surface area contributed by atoms with Gasteiger partial charge >= 0.3 is 0 Å². The SMILES string of the molecule is CCc1ccc(Nc2ccc(NS(=O)(=O)c3ccccc3Cl)nn2)cc1. The predicted octanol–water partition coefficient (Wildman–Crippen LogP) is 4.24. The number of sulfonamides is 1. The zero-order chi connectivity index (χ0) is 18.6. The first-order chi connectivity index (χ1) is 12.5. The largest absolute Gasteiger partial charge is 0.339 e. The van der Waals surface area contributed by atoms with Crippen LogP contribution in [0.3, 0.4) is 0 Å². The van der Waals surface area contributed by atoms with Gasteiger partial charge in [-0.1, -0.05) is 42.8 Å². The number of nitrogens with one attached hydrogen (secondary N) is 2.